The van der Waals surface area contributed by atoms with Gasteiger partial charge in [0, 0.05) is 19.2 Å². The van der Waals surface area contributed by atoms with Crippen LogP contribution in [0.2, 0.25) is 0 Å². The van der Waals surface area contributed by atoms with E-state index in [0.717, 1.165) is 25.0 Å². The van der Waals surface area contributed by atoms with Crippen molar-refractivity contribution in [2.75, 3.05) is 13.2 Å². The smallest absolute Gasteiger partial charge is 0.401 e. The Kier molecular flexibility index (Phi) is 4.68. The number of hydrogen-bond donors (Lipinski definition) is 1. The van der Waals surface area contributed by atoms with Crippen molar-refractivity contribution in [2.45, 2.75) is 18.9 Å². The Bertz CT molecular complexity index is 608. The quantitative estimate of drug-likeness (QED) is 0.379. The van der Waals surface area contributed by atoms with E-state index in [1.807, 2.05) is 0 Å². The fourth-order valence-corrected chi connectivity index (χ4v) is 1.92. The first kappa shape index (κ1) is 14.7. The van der Waals surface area contributed by atoms with Crippen LogP contribution >= 0.6 is 0 Å². The van der Waals surface area contributed by atoms with E-state index >= 15 is 0 Å². The van der Waals surface area contributed by atoms with Crippen LogP contribution in [-0.4, -0.2) is 30.1 Å². The topological polar surface area (TPSA) is 118 Å². The molecule has 1 aromatic rings. The van der Waals surface area contributed by atoms with Crippen LogP contribution in [0.4, 0.5) is 5.88 Å². The fraction of sp³-hybridized carbons (Fsp3) is 0.385. The molecule has 1 fully saturated rings. The summed E-state index contributed by atoms with van der Waals surface area (Å²) >= 11 is 0. The zero-order chi connectivity index (χ0) is 15.2. The normalized spacial score (nSPS) is 18.2. The minimum Gasteiger partial charge on any atom is -0.401 e. The number of carbonyl (C=O) groups is 1. The number of nitrogens with one attached hydrogen (secondary N) is 1. The number of furan rings is 1. The summed E-state index contributed by atoms with van der Waals surface area (Å²) < 4.78 is 10.2. The lowest BCUT2D eigenvalue weighted by atomic mass is 10.2. The van der Waals surface area contributed by atoms with Gasteiger partial charge in [-0.25, -0.2) is 0 Å². The van der Waals surface area contributed by atoms with Crippen molar-refractivity contribution in [1.29, 1.82) is 5.26 Å². The van der Waals surface area contributed by atoms with Crippen molar-refractivity contribution in [2.24, 2.45) is 0 Å². The average Bonchev–Trinajstić information content (AvgIpc) is 3.13. The highest BCUT2D eigenvalue weighted by Gasteiger charge is 2.18. The van der Waals surface area contributed by atoms with Gasteiger partial charge in [0.05, 0.1) is 12.2 Å². The van der Waals surface area contributed by atoms with Crippen LogP contribution in [0.1, 0.15) is 18.6 Å². The maximum atomic E-state index is 11.8. The standard InChI is InChI=1S/C13H13N3O5/c14-7-9(6-10-3-4-12(21-10)16(18)19)13(17)15-8-11-2-1-5-20-11/h3-4,6,11H,1-2,5,8H2,(H,15,17). The lowest BCUT2D eigenvalue weighted by Crippen LogP contribution is -2.32. The van der Waals surface area contributed by atoms with Crippen LogP contribution < -0.4 is 5.32 Å². The van der Waals surface area contributed by atoms with Gasteiger partial charge in [-0.15, -0.1) is 0 Å². The molecule has 1 aromatic heterocycles. The summed E-state index contributed by atoms with van der Waals surface area (Å²) in [5, 5.41) is 22.1. The molecule has 8 nitrogen and oxygen atoms in total. The summed E-state index contributed by atoms with van der Waals surface area (Å²) in [6, 6.07) is 4.22. The summed E-state index contributed by atoms with van der Waals surface area (Å²) in [6.45, 7) is 1.01. The zero-order valence-corrected chi connectivity index (χ0v) is 11.1. The summed E-state index contributed by atoms with van der Waals surface area (Å²) in [7, 11) is 0. The van der Waals surface area contributed by atoms with Crippen molar-refractivity contribution in [3.8, 4) is 6.07 Å². The fourth-order valence-electron chi connectivity index (χ4n) is 1.92. The van der Waals surface area contributed by atoms with E-state index in [4.69, 9.17) is 14.4 Å². The number of nitro groups is 1. The largest absolute Gasteiger partial charge is 0.433 e. The Morgan fingerprint density at radius 3 is 3.00 bits per heavy atom. The maximum absolute atomic E-state index is 11.8. The second-order valence-corrected chi connectivity index (χ2v) is 4.45. The second kappa shape index (κ2) is 6.67. The number of rotatable bonds is 5. The minimum absolute atomic E-state index is 0.0291. The molecule has 110 valence electrons. The molecule has 0 aliphatic carbocycles. The molecule has 1 aliphatic heterocycles. The first-order valence-corrected chi connectivity index (χ1v) is 6.36. The van der Waals surface area contributed by atoms with Crippen molar-refractivity contribution in [1.82, 2.24) is 5.32 Å². The molecule has 2 heterocycles. The van der Waals surface area contributed by atoms with Crippen molar-refractivity contribution in [3.63, 3.8) is 0 Å². The monoisotopic (exact) mass is 291 g/mol. The lowest BCUT2D eigenvalue weighted by molar-refractivity contribution is -0.402. The number of nitriles is 1. The van der Waals surface area contributed by atoms with Crippen LogP contribution in [0.3, 0.4) is 0 Å². The van der Waals surface area contributed by atoms with Crippen LogP contribution in [0.5, 0.6) is 0 Å². The SMILES string of the molecule is N#CC(=Cc1ccc([N+](=O)[O-])o1)C(=O)NCC1CCCO1. The average molecular weight is 291 g/mol. The zero-order valence-electron chi connectivity index (χ0n) is 11.1. The van der Waals surface area contributed by atoms with Gasteiger partial charge < -0.3 is 14.5 Å². The molecule has 1 N–H and O–H groups in total. The number of amides is 1. The van der Waals surface area contributed by atoms with Gasteiger partial charge in [-0.05, 0) is 18.9 Å². The van der Waals surface area contributed by atoms with Gasteiger partial charge in [-0.3, -0.25) is 14.9 Å². The summed E-state index contributed by atoms with van der Waals surface area (Å²) in [5.74, 6) is -0.934. The minimum atomic E-state index is -0.694. The van der Waals surface area contributed by atoms with Crippen LogP contribution in [0.15, 0.2) is 22.1 Å². The Labute approximate surface area is 120 Å². The Morgan fingerprint density at radius 1 is 1.62 bits per heavy atom. The Hall–Kier alpha value is -2.66. The first-order chi connectivity index (χ1) is 10.1. The third-order valence-electron chi connectivity index (χ3n) is 2.96. The Morgan fingerprint density at radius 2 is 2.43 bits per heavy atom. The van der Waals surface area contributed by atoms with E-state index in [1.165, 1.54) is 6.07 Å². The Balaban J connectivity index is 1.99. The molecule has 0 radical (unpaired) electrons. The molecule has 1 atom stereocenters. The van der Waals surface area contributed by atoms with Gasteiger partial charge in [0.2, 0.25) is 0 Å². The van der Waals surface area contributed by atoms with Crippen LogP contribution in [-0.2, 0) is 9.53 Å². The van der Waals surface area contributed by atoms with Crippen molar-refractivity contribution >= 4 is 17.9 Å². The summed E-state index contributed by atoms with van der Waals surface area (Å²) in [4.78, 5) is 21.6. The lowest BCUT2D eigenvalue weighted by Gasteiger charge is -2.09. The van der Waals surface area contributed by atoms with Gasteiger partial charge in [0.15, 0.2) is 0 Å². The van der Waals surface area contributed by atoms with E-state index in [1.54, 1.807) is 6.07 Å². The van der Waals surface area contributed by atoms with Crippen LogP contribution in [0.25, 0.3) is 6.08 Å². The molecule has 1 aliphatic rings. The van der Waals surface area contributed by atoms with Gasteiger partial charge in [-0.1, -0.05) is 0 Å². The number of carbonyl (C=O) groups excluding carboxylic acids is 1. The molecular weight excluding hydrogens is 278 g/mol. The molecule has 21 heavy (non-hydrogen) atoms. The maximum Gasteiger partial charge on any atom is 0.433 e. The van der Waals surface area contributed by atoms with Gasteiger partial charge >= 0.3 is 5.88 Å². The summed E-state index contributed by atoms with van der Waals surface area (Å²) in [5.41, 5.74) is -0.183. The second-order valence-electron chi connectivity index (χ2n) is 4.45. The molecule has 0 bridgehead atoms. The highest BCUT2D eigenvalue weighted by Crippen LogP contribution is 2.18. The van der Waals surface area contributed by atoms with Crippen molar-refractivity contribution in [3.05, 3.63) is 33.6 Å². The van der Waals surface area contributed by atoms with Crippen molar-refractivity contribution < 1.29 is 18.9 Å². The van der Waals surface area contributed by atoms with E-state index in [0.29, 0.717) is 13.2 Å². The third kappa shape index (κ3) is 3.90. The van der Waals surface area contributed by atoms with Gasteiger partial charge in [0.25, 0.3) is 5.91 Å². The van der Waals surface area contributed by atoms with Crippen LogP contribution in [0, 0.1) is 21.4 Å². The molecule has 0 spiro atoms. The highest BCUT2D eigenvalue weighted by atomic mass is 16.6. The van der Waals surface area contributed by atoms with E-state index in [2.05, 4.69) is 5.32 Å². The molecule has 0 aromatic carbocycles. The molecule has 1 amide bonds. The molecule has 2 rings (SSSR count). The van der Waals surface area contributed by atoms with E-state index in [-0.39, 0.29) is 17.4 Å². The number of hydrogen-bond acceptors (Lipinski definition) is 6. The first-order valence-electron chi connectivity index (χ1n) is 6.36. The molecule has 1 saturated heterocycles. The highest BCUT2D eigenvalue weighted by molar-refractivity contribution is 6.01. The predicted molar refractivity (Wildman–Crippen MR) is 70.9 cm³/mol. The molecule has 8 heteroatoms. The van der Waals surface area contributed by atoms with Gasteiger partial charge in [-0.2, -0.15) is 5.26 Å². The third-order valence-corrected chi connectivity index (χ3v) is 2.96. The number of ether oxygens (including phenoxy) is 1. The van der Waals surface area contributed by atoms with Gasteiger partial charge in [0.1, 0.15) is 22.3 Å². The van der Waals surface area contributed by atoms with E-state index < -0.39 is 16.7 Å². The van der Waals surface area contributed by atoms with E-state index in [9.17, 15) is 14.9 Å². The number of nitrogens with zero attached hydrogens (tertiary/aromatic N) is 2. The summed E-state index contributed by atoms with van der Waals surface area (Å²) in [6.07, 6.45) is 2.96. The molecular formula is C13H13N3O5. The predicted octanol–water partition coefficient (Wildman–Crippen LogP) is 1.39. The molecule has 1 unspecified atom stereocenters. The molecule has 0 saturated carbocycles.